The van der Waals surface area contributed by atoms with Crippen molar-refractivity contribution < 1.29 is 23.8 Å². The monoisotopic (exact) mass is 534 g/mol. The summed E-state index contributed by atoms with van der Waals surface area (Å²) in [6.45, 7) is 3.92. The average Bonchev–Trinajstić information content (AvgIpc) is 3.64. The highest BCUT2D eigenvalue weighted by Gasteiger charge is 2.42. The predicted molar refractivity (Wildman–Crippen MR) is 137 cm³/mol. The van der Waals surface area contributed by atoms with Crippen molar-refractivity contribution >= 4 is 23.6 Å². The number of aromatic nitrogens is 3. The zero-order chi connectivity index (χ0) is 26.4. The molecule has 1 aliphatic heterocycles. The lowest BCUT2D eigenvalue weighted by Gasteiger charge is -2.35. The van der Waals surface area contributed by atoms with E-state index in [0.29, 0.717) is 49.9 Å². The summed E-state index contributed by atoms with van der Waals surface area (Å²) in [5, 5.41) is 11.4. The molecule has 0 unspecified atom stereocenters. The molecule has 1 aromatic heterocycles. The Kier molecular flexibility index (Phi) is 9.36. The number of hydrogen-bond acceptors (Lipinski definition) is 8. The molecular formula is C25H35ClN6O5. The van der Waals surface area contributed by atoms with Crippen LogP contribution in [0.1, 0.15) is 43.9 Å². The second-order valence-electron chi connectivity index (χ2n) is 9.31. The molecule has 2 aromatic rings. The first kappa shape index (κ1) is 27.3. The smallest absolute Gasteiger partial charge is 0.406 e. The van der Waals surface area contributed by atoms with E-state index in [9.17, 15) is 9.59 Å². The lowest BCUT2D eigenvalue weighted by atomic mass is 10.1. The summed E-state index contributed by atoms with van der Waals surface area (Å²) in [5.74, 6) is 1.20. The number of nitrogens with zero attached hydrogens (tertiary/aromatic N) is 4. The Hall–Kier alpha value is -2.73. The van der Waals surface area contributed by atoms with Crippen LogP contribution in [0.15, 0.2) is 24.3 Å². The summed E-state index contributed by atoms with van der Waals surface area (Å²) in [7, 11) is 2.95. The number of benzene rings is 1. The van der Waals surface area contributed by atoms with Crippen LogP contribution in [0.3, 0.4) is 0 Å². The summed E-state index contributed by atoms with van der Waals surface area (Å²) < 4.78 is 17.7. The third-order valence-electron chi connectivity index (χ3n) is 6.45. The maximum Gasteiger partial charge on any atom is 0.406 e. The molecule has 11 nitrogen and oxygen atoms in total. The first-order chi connectivity index (χ1) is 17.9. The predicted octanol–water partition coefficient (Wildman–Crippen LogP) is 2.26. The van der Waals surface area contributed by atoms with E-state index in [1.165, 1.54) is 7.11 Å². The quantitative estimate of drug-likeness (QED) is 0.421. The van der Waals surface area contributed by atoms with Crippen molar-refractivity contribution in [3.8, 4) is 5.69 Å². The van der Waals surface area contributed by atoms with Gasteiger partial charge in [-0.15, -0.1) is 5.10 Å². The van der Waals surface area contributed by atoms with E-state index in [2.05, 4.69) is 15.4 Å². The van der Waals surface area contributed by atoms with Crippen LogP contribution >= 0.6 is 11.6 Å². The molecule has 2 aliphatic rings. The van der Waals surface area contributed by atoms with Crippen LogP contribution in [0.5, 0.6) is 0 Å². The molecule has 1 aromatic carbocycles. The van der Waals surface area contributed by atoms with E-state index in [1.54, 1.807) is 17.9 Å². The van der Waals surface area contributed by atoms with Gasteiger partial charge in [-0.25, -0.2) is 14.5 Å². The van der Waals surface area contributed by atoms with Gasteiger partial charge in [0.05, 0.1) is 31.5 Å². The fraction of sp³-hybridized carbons (Fsp3) is 0.600. The van der Waals surface area contributed by atoms with Crippen LogP contribution in [-0.2, 0) is 25.4 Å². The molecule has 2 fully saturated rings. The average molecular weight is 535 g/mol. The SMILES string of the molecule is COC[C@@H]1CNC[C@H](C(=O)N(C2CC2)[C@H](C)c2nc(CCCNC(=O)OC)n(-c3cccc(Cl)c3)n2)O1. The molecule has 3 atom stereocenters. The molecule has 1 saturated carbocycles. The number of ether oxygens (including phenoxy) is 3. The number of carbonyl (C=O) groups excluding carboxylic acids is 2. The van der Waals surface area contributed by atoms with Crippen molar-refractivity contribution in [1.82, 2.24) is 30.3 Å². The van der Waals surface area contributed by atoms with E-state index in [1.807, 2.05) is 30.0 Å². The number of methoxy groups -OCH3 is 2. The molecule has 37 heavy (non-hydrogen) atoms. The van der Waals surface area contributed by atoms with E-state index in [4.69, 9.17) is 31.2 Å². The highest BCUT2D eigenvalue weighted by molar-refractivity contribution is 6.30. The molecule has 202 valence electrons. The molecule has 0 radical (unpaired) electrons. The number of amides is 2. The molecule has 4 rings (SSSR count). The maximum absolute atomic E-state index is 13.6. The lowest BCUT2D eigenvalue weighted by Crippen LogP contribution is -2.54. The molecule has 2 N–H and O–H groups in total. The Labute approximate surface area is 221 Å². The van der Waals surface area contributed by atoms with E-state index >= 15 is 0 Å². The van der Waals surface area contributed by atoms with Gasteiger partial charge in [0, 0.05) is 44.2 Å². The van der Waals surface area contributed by atoms with Crippen LogP contribution in [0.25, 0.3) is 5.69 Å². The number of hydrogen-bond donors (Lipinski definition) is 2. The summed E-state index contributed by atoms with van der Waals surface area (Å²) in [4.78, 5) is 31.8. The Morgan fingerprint density at radius 3 is 2.84 bits per heavy atom. The summed E-state index contributed by atoms with van der Waals surface area (Å²) >= 11 is 6.25. The van der Waals surface area contributed by atoms with Crippen LogP contribution < -0.4 is 10.6 Å². The molecule has 1 saturated heterocycles. The fourth-order valence-electron chi connectivity index (χ4n) is 4.49. The Morgan fingerprint density at radius 2 is 2.14 bits per heavy atom. The van der Waals surface area contributed by atoms with E-state index in [0.717, 1.165) is 24.4 Å². The van der Waals surface area contributed by atoms with Crippen molar-refractivity contribution in [2.45, 2.75) is 56.9 Å². The van der Waals surface area contributed by atoms with Gasteiger partial charge in [-0.1, -0.05) is 17.7 Å². The van der Waals surface area contributed by atoms with Gasteiger partial charge >= 0.3 is 6.09 Å². The standard InChI is InChI=1S/C25H35ClN6O5/c1-16(31(18-9-10-18)24(33)21-14-27-13-20(37-21)15-35-2)23-29-22(8-5-11-28-25(34)36-3)32(30-23)19-7-4-6-17(26)12-19/h4,6-7,12,16,18,20-21,27H,5,8-11,13-15H2,1-3H3,(H,28,34)/t16-,20+,21-/m1/s1. The topological polar surface area (TPSA) is 120 Å². The molecule has 2 amide bonds. The van der Waals surface area contributed by atoms with Crippen molar-refractivity contribution in [2.24, 2.45) is 0 Å². The highest BCUT2D eigenvalue weighted by Crippen LogP contribution is 2.35. The molecular weight excluding hydrogens is 500 g/mol. The molecule has 0 spiro atoms. The van der Waals surface area contributed by atoms with Gasteiger partial charge in [0.25, 0.3) is 5.91 Å². The normalized spacial score (nSPS) is 20.3. The largest absolute Gasteiger partial charge is 0.453 e. The van der Waals surface area contributed by atoms with E-state index < -0.39 is 12.2 Å². The minimum Gasteiger partial charge on any atom is -0.453 e. The number of aryl methyl sites for hydroxylation is 1. The number of alkyl carbamates (subject to hydrolysis) is 1. The first-order valence-corrected chi connectivity index (χ1v) is 13.0. The third kappa shape index (κ3) is 6.98. The summed E-state index contributed by atoms with van der Waals surface area (Å²) in [6.07, 6.45) is 1.84. The van der Waals surface area contributed by atoms with Crippen molar-refractivity contribution in [1.29, 1.82) is 0 Å². The summed E-state index contributed by atoms with van der Waals surface area (Å²) in [6, 6.07) is 7.18. The number of morpholine rings is 1. The zero-order valence-corrected chi connectivity index (χ0v) is 22.2. The van der Waals surface area contributed by atoms with Crippen molar-refractivity contribution in [2.75, 3.05) is 40.5 Å². The zero-order valence-electron chi connectivity index (χ0n) is 21.5. The lowest BCUT2D eigenvalue weighted by molar-refractivity contribution is -0.156. The van der Waals surface area contributed by atoms with Crippen LogP contribution in [0.2, 0.25) is 5.02 Å². The number of nitrogens with one attached hydrogen (secondary N) is 2. The van der Waals surface area contributed by atoms with Gasteiger partial charge in [-0.2, -0.15) is 0 Å². The number of rotatable bonds is 11. The van der Waals surface area contributed by atoms with Gasteiger partial charge in [0.15, 0.2) is 5.82 Å². The van der Waals surface area contributed by atoms with Crippen molar-refractivity contribution in [3.63, 3.8) is 0 Å². The van der Waals surface area contributed by atoms with Crippen molar-refractivity contribution in [3.05, 3.63) is 40.9 Å². The molecule has 1 aliphatic carbocycles. The highest BCUT2D eigenvalue weighted by atomic mass is 35.5. The minimum absolute atomic E-state index is 0.0637. The fourth-order valence-corrected chi connectivity index (χ4v) is 4.67. The Bertz CT molecular complexity index is 1080. The van der Waals surface area contributed by atoms with Crippen LogP contribution in [0.4, 0.5) is 4.79 Å². The number of halogens is 1. The molecule has 12 heteroatoms. The minimum atomic E-state index is -0.587. The van der Waals surface area contributed by atoms with Gasteiger partial charge < -0.3 is 29.7 Å². The maximum atomic E-state index is 13.6. The molecule has 2 heterocycles. The van der Waals surface area contributed by atoms with Gasteiger partial charge in [-0.05, 0) is 44.4 Å². The molecule has 0 bridgehead atoms. The van der Waals surface area contributed by atoms with Gasteiger partial charge in [0.1, 0.15) is 11.9 Å². The summed E-state index contributed by atoms with van der Waals surface area (Å²) in [5.41, 5.74) is 0.779. The second kappa shape index (κ2) is 12.7. The first-order valence-electron chi connectivity index (χ1n) is 12.6. The van der Waals surface area contributed by atoms with Crippen LogP contribution in [0, 0.1) is 0 Å². The second-order valence-corrected chi connectivity index (χ2v) is 9.75. The Morgan fingerprint density at radius 1 is 1.32 bits per heavy atom. The Balaban J connectivity index is 1.55. The van der Waals surface area contributed by atoms with Gasteiger partial charge in [-0.3, -0.25) is 4.79 Å². The third-order valence-corrected chi connectivity index (χ3v) is 6.68. The number of carbonyl (C=O) groups is 2. The van der Waals surface area contributed by atoms with E-state index in [-0.39, 0.29) is 24.1 Å². The van der Waals surface area contributed by atoms with Gasteiger partial charge in [0.2, 0.25) is 0 Å². The van der Waals surface area contributed by atoms with Crippen LogP contribution in [-0.4, -0.2) is 90.4 Å².